The molecule has 0 aliphatic rings. The fourth-order valence-corrected chi connectivity index (χ4v) is 3.18. The van der Waals surface area contributed by atoms with Crippen LogP contribution in [-0.2, 0) is 24.4 Å². The van der Waals surface area contributed by atoms with E-state index in [1.54, 1.807) is 30.3 Å². The number of benzene rings is 2. The number of carbonyl (C=O) groups is 1. The molecule has 0 radical (unpaired) electrons. The zero-order valence-electron chi connectivity index (χ0n) is 14.4. The van der Waals surface area contributed by atoms with Crippen LogP contribution in [-0.4, -0.2) is 15.6 Å². The predicted molar refractivity (Wildman–Crippen MR) is 95.6 cm³/mol. The first-order valence-electron chi connectivity index (χ1n) is 8.19. The maximum atomic E-state index is 13.5. The van der Waals surface area contributed by atoms with Gasteiger partial charge in [0.15, 0.2) is 0 Å². The Morgan fingerprint density at radius 1 is 1.07 bits per heavy atom. The fraction of sp³-hybridized carbons (Fsp3) is 0.200. The van der Waals surface area contributed by atoms with Gasteiger partial charge < -0.3 is 9.67 Å². The molecule has 27 heavy (non-hydrogen) atoms. The van der Waals surface area contributed by atoms with Crippen LogP contribution in [0.1, 0.15) is 17.5 Å². The molecule has 7 heteroatoms. The minimum atomic E-state index is -4.67. The Morgan fingerprint density at radius 3 is 2.41 bits per heavy atom. The van der Waals surface area contributed by atoms with E-state index in [4.69, 9.17) is 5.11 Å². The predicted octanol–water partition coefficient (Wildman–Crippen LogP) is 4.24. The third-order valence-electron chi connectivity index (χ3n) is 4.46. The molecule has 3 rings (SSSR count). The van der Waals surface area contributed by atoms with Gasteiger partial charge >= 0.3 is 12.1 Å². The topological polar surface area (TPSA) is 59.3 Å². The first kappa shape index (κ1) is 18.7. The molecule has 0 bridgehead atoms. The van der Waals surface area contributed by atoms with Crippen LogP contribution in [0.5, 0.6) is 0 Å². The summed E-state index contributed by atoms with van der Waals surface area (Å²) >= 11 is 0. The maximum Gasteiger partial charge on any atom is 0.417 e. The Kier molecular flexibility index (Phi) is 4.78. The van der Waals surface area contributed by atoms with Gasteiger partial charge in [-0.1, -0.05) is 36.4 Å². The summed E-state index contributed by atoms with van der Waals surface area (Å²) in [4.78, 5) is 23.4. The number of carboxylic acid groups (broad SMARTS) is 1. The number of hydrogen-bond donors (Lipinski definition) is 1. The van der Waals surface area contributed by atoms with Crippen LogP contribution in [0.3, 0.4) is 0 Å². The molecule has 1 N–H and O–H groups in total. The van der Waals surface area contributed by atoms with E-state index in [0.29, 0.717) is 16.3 Å². The van der Waals surface area contributed by atoms with Gasteiger partial charge in [0.2, 0.25) is 0 Å². The first-order chi connectivity index (χ1) is 12.7. The van der Waals surface area contributed by atoms with Crippen LogP contribution >= 0.6 is 0 Å². The molecule has 1 heterocycles. The van der Waals surface area contributed by atoms with Crippen LogP contribution < -0.4 is 5.56 Å². The summed E-state index contributed by atoms with van der Waals surface area (Å²) in [6.45, 7) is 0. The second kappa shape index (κ2) is 6.90. The van der Waals surface area contributed by atoms with E-state index in [2.05, 4.69) is 0 Å². The summed E-state index contributed by atoms with van der Waals surface area (Å²) in [5.74, 6) is -0.959. The van der Waals surface area contributed by atoms with Gasteiger partial charge in [-0.2, -0.15) is 13.2 Å². The summed E-state index contributed by atoms with van der Waals surface area (Å²) in [7, 11) is 1.40. The number of alkyl halides is 3. The van der Waals surface area contributed by atoms with Crippen LogP contribution in [0, 0.1) is 0 Å². The van der Waals surface area contributed by atoms with Crippen molar-refractivity contribution in [1.29, 1.82) is 0 Å². The number of hydrogen-bond acceptors (Lipinski definition) is 2. The molecule has 3 aromatic rings. The standard InChI is InChI=1S/C20H16F3NO3/c1-24-11-10-16(20(21,22)23)18(19(24)27)15-7-3-5-13-12(8-9-17(25)26)4-2-6-14(13)15/h2-7,10-11H,8-9H2,1H3,(H,25,26). The zero-order valence-corrected chi connectivity index (χ0v) is 14.4. The highest BCUT2D eigenvalue weighted by Gasteiger charge is 2.35. The minimum absolute atomic E-state index is 0.0930. The van der Waals surface area contributed by atoms with E-state index in [1.165, 1.54) is 13.1 Å². The molecule has 4 nitrogen and oxygen atoms in total. The van der Waals surface area contributed by atoms with Crippen LogP contribution in [0.2, 0.25) is 0 Å². The fourth-order valence-electron chi connectivity index (χ4n) is 3.18. The van der Waals surface area contributed by atoms with Crippen LogP contribution in [0.25, 0.3) is 21.9 Å². The van der Waals surface area contributed by atoms with E-state index in [-0.39, 0.29) is 18.4 Å². The zero-order chi connectivity index (χ0) is 19.8. The van der Waals surface area contributed by atoms with Gasteiger partial charge in [0.25, 0.3) is 5.56 Å². The Morgan fingerprint density at radius 2 is 1.74 bits per heavy atom. The van der Waals surface area contributed by atoms with E-state index < -0.39 is 28.8 Å². The van der Waals surface area contributed by atoms with Crippen molar-refractivity contribution < 1.29 is 23.1 Å². The van der Waals surface area contributed by atoms with Crippen LogP contribution in [0.15, 0.2) is 53.5 Å². The summed E-state index contributed by atoms with van der Waals surface area (Å²) < 4.78 is 41.7. The van der Waals surface area contributed by atoms with Gasteiger partial charge in [0, 0.05) is 19.7 Å². The number of fused-ring (bicyclic) bond motifs is 1. The number of rotatable bonds is 4. The summed E-state index contributed by atoms with van der Waals surface area (Å²) in [5.41, 5.74) is -1.26. The molecule has 0 aliphatic carbocycles. The van der Waals surface area contributed by atoms with Crippen molar-refractivity contribution in [3.8, 4) is 11.1 Å². The lowest BCUT2D eigenvalue weighted by Crippen LogP contribution is -2.23. The molecule has 2 aromatic carbocycles. The number of aryl methyl sites for hydroxylation is 2. The van der Waals surface area contributed by atoms with Gasteiger partial charge in [-0.25, -0.2) is 0 Å². The molecule has 0 amide bonds. The first-order valence-corrected chi connectivity index (χ1v) is 8.19. The van der Waals surface area contributed by atoms with Crippen molar-refractivity contribution in [3.05, 3.63) is 70.1 Å². The van der Waals surface area contributed by atoms with E-state index in [0.717, 1.165) is 16.8 Å². The van der Waals surface area contributed by atoms with Crippen molar-refractivity contribution in [2.24, 2.45) is 7.05 Å². The molecule has 0 saturated heterocycles. The lowest BCUT2D eigenvalue weighted by Gasteiger charge is -2.16. The Bertz CT molecular complexity index is 1080. The molecule has 140 valence electrons. The third kappa shape index (κ3) is 3.58. The number of pyridine rings is 1. The van der Waals surface area contributed by atoms with Crippen molar-refractivity contribution in [2.45, 2.75) is 19.0 Å². The number of carboxylic acids is 1. The lowest BCUT2D eigenvalue weighted by atomic mass is 9.92. The van der Waals surface area contributed by atoms with E-state index in [1.807, 2.05) is 0 Å². The second-order valence-corrected chi connectivity index (χ2v) is 6.23. The molecule has 0 spiro atoms. The molecule has 1 aromatic heterocycles. The molecule has 0 atom stereocenters. The lowest BCUT2D eigenvalue weighted by molar-refractivity contribution is -0.138. The highest BCUT2D eigenvalue weighted by molar-refractivity contribution is 5.99. The number of aromatic nitrogens is 1. The van der Waals surface area contributed by atoms with E-state index >= 15 is 0 Å². The van der Waals surface area contributed by atoms with Crippen molar-refractivity contribution in [2.75, 3.05) is 0 Å². The highest BCUT2D eigenvalue weighted by Crippen LogP contribution is 2.38. The number of nitrogens with zero attached hydrogens (tertiary/aromatic N) is 1. The highest BCUT2D eigenvalue weighted by atomic mass is 19.4. The molecular weight excluding hydrogens is 359 g/mol. The molecule has 0 unspecified atom stereocenters. The molecule has 0 aliphatic heterocycles. The Balaban J connectivity index is 2.31. The maximum absolute atomic E-state index is 13.5. The number of aliphatic carboxylic acids is 1. The SMILES string of the molecule is Cn1ccc(C(F)(F)F)c(-c2cccc3c(CCC(=O)O)cccc23)c1=O. The summed E-state index contributed by atoms with van der Waals surface area (Å²) in [5, 5.41) is 10.0. The van der Waals surface area contributed by atoms with Gasteiger partial charge in [0.05, 0.1) is 11.1 Å². The quantitative estimate of drug-likeness (QED) is 0.742. The number of halogens is 3. The Hall–Kier alpha value is -3.09. The summed E-state index contributed by atoms with van der Waals surface area (Å²) in [6.07, 6.45) is -3.43. The smallest absolute Gasteiger partial charge is 0.417 e. The third-order valence-corrected chi connectivity index (χ3v) is 4.46. The van der Waals surface area contributed by atoms with Crippen molar-refractivity contribution >= 4 is 16.7 Å². The largest absolute Gasteiger partial charge is 0.481 e. The molecular formula is C20H16F3NO3. The molecule has 0 fully saturated rings. The van der Waals surface area contributed by atoms with E-state index in [9.17, 15) is 22.8 Å². The normalized spacial score (nSPS) is 11.7. The molecule has 0 saturated carbocycles. The second-order valence-electron chi connectivity index (χ2n) is 6.23. The Labute approximate surface area is 152 Å². The average molecular weight is 375 g/mol. The van der Waals surface area contributed by atoms with Gasteiger partial charge in [-0.3, -0.25) is 9.59 Å². The monoisotopic (exact) mass is 375 g/mol. The van der Waals surface area contributed by atoms with Gasteiger partial charge in [0.1, 0.15) is 0 Å². The van der Waals surface area contributed by atoms with Crippen LogP contribution in [0.4, 0.5) is 13.2 Å². The average Bonchev–Trinajstić information content (AvgIpc) is 2.60. The van der Waals surface area contributed by atoms with Crippen molar-refractivity contribution in [1.82, 2.24) is 4.57 Å². The van der Waals surface area contributed by atoms with Gasteiger partial charge in [-0.05, 0) is 34.4 Å². The minimum Gasteiger partial charge on any atom is -0.481 e. The van der Waals surface area contributed by atoms with Crippen molar-refractivity contribution in [3.63, 3.8) is 0 Å². The summed E-state index contributed by atoms with van der Waals surface area (Å²) in [6, 6.07) is 10.7. The van der Waals surface area contributed by atoms with Gasteiger partial charge in [-0.15, -0.1) is 0 Å².